The molecule has 0 atom stereocenters. The number of alkyl halides is 3. The molecule has 0 unspecified atom stereocenters. The van der Waals surface area contributed by atoms with E-state index in [-0.39, 0.29) is 18.9 Å². The lowest BCUT2D eigenvalue weighted by Gasteiger charge is -2.33. The molecule has 0 rings (SSSR count). The zero-order chi connectivity index (χ0) is 12.8. The second-order valence-electron chi connectivity index (χ2n) is 4.11. The van der Waals surface area contributed by atoms with Crippen LogP contribution < -0.4 is 0 Å². The van der Waals surface area contributed by atoms with Crippen molar-refractivity contribution in [1.82, 2.24) is 4.90 Å². The minimum absolute atomic E-state index is 0.00583. The van der Waals surface area contributed by atoms with E-state index in [2.05, 4.69) is 4.74 Å². The summed E-state index contributed by atoms with van der Waals surface area (Å²) in [6.45, 7) is 3.04. The molecule has 96 valence electrons. The summed E-state index contributed by atoms with van der Waals surface area (Å²) in [4.78, 5) is 13.1. The molecule has 0 aromatic carbocycles. The number of ether oxygens (including phenoxy) is 1. The molecule has 0 bridgehead atoms. The topological polar surface area (TPSA) is 29.5 Å². The maximum absolute atomic E-state index is 11.7. The smallest absolute Gasteiger partial charge is 0.261 e. The van der Waals surface area contributed by atoms with Gasteiger partial charge in [0.05, 0.1) is 18.6 Å². The van der Waals surface area contributed by atoms with Crippen molar-refractivity contribution >= 4 is 17.5 Å². The van der Waals surface area contributed by atoms with Gasteiger partial charge in [-0.25, -0.2) is 8.78 Å². The number of amides is 1. The van der Waals surface area contributed by atoms with Crippen LogP contribution in [0.4, 0.5) is 8.78 Å². The Balaban J connectivity index is 3.89. The van der Waals surface area contributed by atoms with Crippen LogP contribution >= 0.6 is 11.6 Å². The standard InChI is InChI=1S/C10H18ClF2NO2/c1-10(2,7-11)14(3)9(15)4-5-16-6-8(12)13/h8H,4-7H2,1-3H3. The third-order valence-electron chi connectivity index (χ3n) is 2.31. The predicted octanol–water partition coefficient (Wildman–Crippen LogP) is 2.13. The molecular weight excluding hydrogens is 240 g/mol. The summed E-state index contributed by atoms with van der Waals surface area (Å²) in [5.74, 6) is 0.146. The molecule has 0 saturated carbocycles. The molecule has 0 aromatic heterocycles. The number of carbonyl (C=O) groups excluding carboxylic acids is 1. The molecule has 0 fully saturated rings. The van der Waals surface area contributed by atoms with Crippen LogP contribution in [0.5, 0.6) is 0 Å². The highest BCUT2D eigenvalue weighted by Crippen LogP contribution is 2.15. The summed E-state index contributed by atoms with van der Waals surface area (Å²) in [5.41, 5.74) is -0.443. The third kappa shape index (κ3) is 5.61. The predicted molar refractivity (Wildman–Crippen MR) is 59.0 cm³/mol. The van der Waals surface area contributed by atoms with Crippen molar-refractivity contribution in [3.63, 3.8) is 0 Å². The van der Waals surface area contributed by atoms with Crippen LogP contribution in [0.1, 0.15) is 20.3 Å². The molecule has 0 aliphatic rings. The van der Waals surface area contributed by atoms with Crippen molar-refractivity contribution in [3.05, 3.63) is 0 Å². The summed E-state index contributed by atoms with van der Waals surface area (Å²) in [5, 5.41) is 0. The first kappa shape index (κ1) is 15.6. The fraction of sp³-hybridized carbons (Fsp3) is 0.900. The molecule has 3 nitrogen and oxygen atoms in total. The Hall–Kier alpha value is -0.420. The number of rotatable bonds is 7. The molecule has 16 heavy (non-hydrogen) atoms. The average Bonchev–Trinajstić information content (AvgIpc) is 2.22. The highest BCUT2D eigenvalue weighted by Gasteiger charge is 2.26. The van der Waals surface area contributed by atoms with Crippen LogP contribution in [0.15, 0.2) is 0 Å². The fourth-order valence-corrected chi connectivity index (χ4v) is 1.11. The van der Waals surface area contributed by atoms with Crippen molar-refractivity contribution in [3.8, 4) is 0 Å². The molecular formula is C10H18ClF2NO2. The van der Waals surface area contributed by atoms with E-state index in [1.54, 1.807) is 7.05 Å². The Morgan fingerprint density at radius 1 is 1.50 bits per heavy atom. The minimum atomic E-state index is -2.49. The molecule has 0 heterocycles. The Kier molecular flexibility index (Phi) is 6.83. The highest BCUT2D eigenvalue weighted by atomic mass is 35.5. The van der Waals surface area contributed by atoms with E-state index < -0.39 is 18.6 Å². The first-order chi connectivity index (χ1) is 7.31. The molecule has 1 amide bonds. The molecule has 0 spiro atoms. The van der Waals surface area contributed by atoms with Gasteiger partial charge in [-0.05, 0) is 13.8 Å². The van der Waals surface area contributed by atoms with Crippen molar-refractivity contribution < 1.29 is 18.3 Å². The lowest BCUT2D eigenvalue weighted by atomic mass is 10.1. The molecule has 0 radical (unpaired) electrons. The van der Waals surface area contributed by atoms with E-state index in [0.29, 0.717) is 5.88 Å². The fourth-order valence-electron chi connectivity index (χ4n) is 0.927. The van der Waals surface area contributed by atoms with Gasteiger partial charge in [0.2, 0.25) is 5.91 Å². The van der Waals surface area contributed by atoms with Gasteiger partial charge in [-0.2, -0.15) is 0 Å². The van der Waals surface area contributed by atoms with Crippen molar-refractivity contribution in [2.75, 3.05) is 26.1 Å². The largest absolute Gasteiger partial charge is 0.375 e. The number of hydrogen-bond donors (Lipinski definition) is 0. The lowest BCUT2D eigenvalue weighted by molar-refractivity contribution is -0.135. The van der Waals surface area contributed by atoms with E-state index in [9.17, 15) is 13.6 Å². The van der Waals surface area contributed by atoms with Gasteiger partial charge < -0.3 is 9.64 Å². The summed E-state index contributed by atoms with van der Waals surface area (Å²) in [6.07, 6.45) is -2.41. The average molecular weight is 258 g/mol. The van der Waals surface area contributed by atoms with Gasteiger partial charge in [-0.15, -0.1) is 11.6 Å². The molecule has 0 aromatic rings. The number of hydrogen-bond acceptors (Lipinski definition) is 2. The second-order valence-corrected chi connectivity index (χ2v) is 4.38. The normalized spacial score (nSPS) is 11.9. The number of halogens is 3. The van der Waals surface area contributed by atoms with Crippen LogP contribution in [-0.2, 0) is 9.53 Å². The van der Waals surface area contributed by atoms with E-state index in [0.717, 1.165) is 0 Å². The van der Waals surface area contributed by atoms with E-state index in [4.69, 9.17) is 11.6 Å². The van der Waals surface area contributed by atoms with Gasteiger partial charge >= 0.3 is 0 Å². The summed E-state index contributed by atoms with van der Waals surface area (Å²) in [6, 6.07) is 0. The zero-order valence-electron chi connectivity index (χ0n) is 9.80. The monoisotopic (exact) mass is 257 g/mol. The maximum Gasteiger partial charge on any atom is 0.261 e. The number of carbonyl (C=O) groups is 1. The van der Waals surface area contributed by atoms with Crippen LogP contribution in [0.2, 0.25) is 0 Å². The first-order valence-corrected chi connectivity index (χ1v) is 5.53. The molecule has 6 heteroatoms. The van der Waals surface area contributed by atoms with Gasteiger partial charge in [0.1, 0.15) is 6.61 Å². The summed E-state index contributed by atoms with van der Waals surface area (Å²) < 4.78 is 28.1. The quantitative estimate of drug-likeness (QED) is 0.517. The second kappa shape index (κ2) is 7.01. The van der Waals surface area contributed by atoms with E-state index in [1.807, 2.05) is 13.8 Å². The van der Waals surface area contributed by atoms with E-state index in [1.165, 1.54) is 4.90 Å². The van der Waals surface area contributed by atoms with Crippen molar-refractivity contribution in [2.45, 2.75) is 32.2 Å². The Bertz CT molecular complexity index is 225. The van der Waals surface area contributed by atoms with Gasteiger partial charge in [0.25, 0.3) is 6.43 Å². The third-order valence-corrected chi connectivity index (χ3v) is 2.97. The Morgan fingerprint density at radius 3 is 2.50 bits per heavy atom. The minimum Gasteiger partial charge on any atom is -0.375 e. The molecule has 0 saturated heterocycles. The van der Waals surface area contributed by atoms with Crippen molar-refractivity contribution in [2.24, 2.45) is 0 Å². The van der Waals surface area contributed by atoms with E-state index >= 15 is 0 Å². The maximum atomic E-state index is 11.7. The van der Waals surface area contributed by atoms with Crippen LogP contribution in [0.3, 0.4) is 0 Å². The van der Waals surface area contributed by atoms with Crippen LogP contribution in [-0.4, -0.2) is 48.9 Å². The van der Waals surface area contributed by atoms with Crippen LogP contribution in [0.25, 0.3) is 0 Å². The number of nitrogens with zero attached hydrogens (tertiary/aromatic N) is 1. The zero-order valence-corrected chi connectivity index (χ0v) is 10.6. The van der Waals surface area contributed by atoms with Gasteiger partial charge in [-0.1, -0.05) is 0 Å². The highest BCUT2D eigenvalue weighted by molar-refractivity contribution is 6.18. The lowest BCUT2D eigenvalue weighted by Crippen LogP contribution is -2.46. The SMILES string of the molecule is CN(C(=O)CCOCC(F)F)C(C)(C)CCl. The van der Waals surface area contributed by atoms with Crippen molar-refractivity contribution in [1.29, 1.82) is 0 Å². The molecule has 0 aliphatic carbocycles. The Morgan fingerprint density at radius 2 is 2.06 bits per heavy atom. The van der Waals surface area contributed by atoms with Crippen LogP contribution in [0, 0.1) is 0 Å². The van der Waals surface area contributed by atoms with Gasteiger partial charge in [0.15, 0.2) is 0 Å². The summed E-state index contributed by atoms with van der Waals surface area (Å²) >= 11 is 5.71. The van der Waals surface area contributed by atoms with Gasteiger partial charge in [0, 0.05) is 12.9 Å². The molecule has 0 N–H and O–H groups in total. The summed E-state index contributed by atoms with van der Waals surface area (Å²) in [7, 11) is 1.64. The Labute approximate surface area is 99.7 Å². The first-order valence-electron chi connectivity index (χ1n) is 4.99. The molecule has 0 aliphatic heterocycles. The van der Waals surface area contributed by atoms with Gasteiger partial charge in [-0.3, -0.25) is 4.79 Å².